The minimum atomic E-state index is -0.114. The fourth-order valence-corrected chi connectivity index (χ4v) is 4.91. The molecule has 2 bridgehead atoms. The van der Waals surface area contributed by atoms with Gasteiger partial charge in [-0.1, -0.05) is 6.07 Å². The Balaban J connectivity index is 1.45. The third-order valence-electron chi connectivity index (χ3n) is 5.97. The molecule has 0 radical (unpaired) electrons. The Morgan fingerprint density at radius 2 is 2.32 bits per heavy atom. The average Bonchev–Trinajstić information content (AvgIpc) is 3.24. The van der Waals surface area contributed by atoms with Crippen LogP contribution in [0.15, 0.2) is 24.3 Å². The molecule has 3 aliphatic heterocycles. The first kappa shape index (κ1) is 16.7. The number of carbonyl (C=O) groups excluding carboxylic acids is 1. The smallest absolute Gasteiger partial charge is 0.321 e. The van der Waals surface area contributed by atoms with Gasteiger partial charge in [0.05, 0.1) is 25.4 Å². The molecule has 3 saturated heterocycles. The largest absolute Gasteiger partial charge is 0.497 e. The van der Waals surface area contributed by atoms with E-state index in [9.17, 15) is 4.79 Å². The molecule has 3 heterocycles. The number of hydrogen-bond acceptors (Lipinski definition) is 4. The number of urea groups is 1. The summed E-state index contributed by atoms with van der Waals surface area (Å²) in [6.45, 7) is 2.52. The van der Waals surface area contributed by atoms with Crippen LogP contribution in [0.1, 0.15) is 12.8 Å². The van der Waals surface area contributed by atoms with E-state index in [1.54, 1.807) is 7.11 Å². The van der Waals surface area contributed by atoms with Crippen LogP contribution in [0.3, 0.4) is 0 Å². The Morgan fingerprint density at radius 1 is 1.48 bits per heavy atom. The van der Waals surface area contributed by atoms with E-state index in [0.29, 0.717) is 24.5 Å². The van der Waals surface area contributed by atoms with Crippen LogP contribution in [-0.4, -0.2) is 68.4 Å². The van der Waals surface area contributed by atoms with E-state index in [-0.39, 0.29) is 11.6 Å². The molecule has 4 atom stereocenters. The van der Waals surface area contributed by atoms with Crippen molar-refractivity contribution in [1.82, 2.24) is 9.80 Å². The molecule has 0 aromatic heterocycles. The van der Waals surface area contributed by atoms with E-state index in [2.05, 4.69) is 24.3 Å². The zero-order valence-electron chi connectivity index (χ0n) is 15.2. The maximum absolute atomic E-state index is 12.8. The van der Waals surface area contributed by atoms with Crippen LogP contribution in [0.2, 0.25) is 0 Å². The van der Waals surface area contributed by atoms with Gasteiger partial charge in [-0.3, -0.25) is 0 Å². The van der Waals surface area contributed by atoms with Crippen molar-refractivity contribution >= 4 is 11.7 Å². The van der Waals surface area contributed by atoms with Crippen LogP contribution in [0, 0.1) is 11.8 Å². The molecule has 0 aliphatic carbocycles. The number of nitrogens with one attached hydrogen (secondary N) is 1. The molecule has 1 N–H and O–H groups in total. The van der Waals surface area contributed by atoms with Crippen LogP contribution >= 0.6 is 0 Å². The molecule has 0 saturated carbocycles. The van der Waals surface area contributed by atoms with Crippen LogP contribution in [-0.2, 0) is 4.74 Å². The molecule has 136 valence electrons. The van der Waals surface area contributed by atoms with Crippen molar-refractivity contribution < 1.29 is 14.3 Å². The number of anilines is 1. The highest BCUT2D eigenvalue weighted by molar-refractivity contribution is 5.89. The predicted octanol–water partition coefficient (Wildman–Crippen LogP) is 2.27. The normalized spacial score (nSPS) is 33.0. The van der Waals surface area contributed by atoms with Gasteiger partial charge in [0.15, 0.2) is 0 Å². The van der Waals surface area contributed by atoms with E-state index in [4.69, 9.17) is 9.47 Å². The zero-order valence-corrected chi connectivity index (χ0v) is 15.2. The van der Waals surface area contributed by atoms with E-state index in [1.807, 2.05) is 29.2 Å². The Hall–Kier alpha value is -1.79. The highest BCUT2D eigenvalue weighted by atomic mass is 16.5. The third-order valence-corrected chi connectivity index (χ3v) is 5.97. The summed E-state index contributed by atoms with van der Waals surface area (Å²) in [4.78, 5) is 16.9. The van der Waals surface area contributed by atoms with Gasteiger partial charge in [0.2, 0.25) is 0 Å². The number of fused-ring (bicyclic) bond motifs is 1. The first-order valence-electron chi connectivity index (χ1n) is 9.03. The summed E-state index contributed by atoms with van der Waals surface area (Å²) in [5, 5.41) is 3.00. The standard InChI is InChI=1S/C19H27N3O3/c1-21(2)10-15-16-11-22(12-19(16)8-7-17(15)25-19)18(23)20-13-5-4-6-14(9-13)24-3/h4-6,9,15-17H,7-8,10-12H2,1-3H3,(H,20,23)/t15-,16+,17+,19+/m0/s1. The number of hydrogen-bond donors (Lipinski definition) is 1. The maximum Gasteiger partial charge on any atom is 0.321 e. The summed E-state index contributed by atoms with van der Waals surface area (Å²) < 4.78 is 11.6. The van der Waals surface area contributed by atoms with Crippen LogP contribution in [0.4, 0.5) is 10.5 Å². The van der Waals surface area contributed by atoms with Crippen LogP contribution < -0.4 is 10.1 Å². The van der Waals surface area contributed by atoms with Crippen molar-refractivity contribution in [3.05, 3.63) is 24.3 Å². The van der Waals surface area contributed by atoms with Crippen LogP contribution in [0.5, 0.6) is 5.75 Å². The van der Waals surface area contributed by atoms with Gasteiger partial charge in [-0.15, -0.1) is 0 Å². The monoisotopic (exact) mass is 345 g/mol. The van der Waals surface area contributed by atoms with E-state index in [0.717, 1.165) is 37.4 Å². The van der Waals surface area contributed by atoms with Gasteiger partial charge in [0.1, 0.15) is 5.75 Å². The quantitative estimate of drug-likeness (QED) is 0.910. The summed E-state index contributed by atoms with van der Waals surface area (Å²) >= 11 is 0. The second-order valence-electron chi connectivity index (χ2n) is 7.83. The van der Waals surface area contributed by atoms with Crippen molar-refractivity contribution in [3.8, 4) is 5.75 Å². The lowest BCUT2D eigenvalue weighted by Crippen LogP contribution is -2.40. The lowest BCUT2D eigenvalue weighted by molar-refractivity contribution is 0.00534. The van der Waals surface area contributed by atoms with Gasteiger partial charge >= 0.3 is 6.03 Å². The molecule has 25 heavy (non-hydrogen) atoms. The number of nitrogens with zero attached hydrogens (tertiary/aromatic N) is 2. The highest BCUT2D eigenvalue weighted by Crippen LogP contribution is 2.54. The lowest BCUT2D eigenvalue weighted by Gasteiger charge is -2.30. The minimum Gasteiger partial charge on any atom is -0.497 e. The first-order valence-corrected chi connectivity index (χ1v) is 9.03. The van der Waals surface area contributed by atoms with Crippen molar-refractivity contribution in [2.75, 3.05) is 46.2 Å². The summed E-state index contributed by atoms with van der Waals surface area (Å²) in [5.74, 6) is 1.71. The minimum absolute atomic E-state index is 0.0484. The highest BCUT2D eigenvalue weighted by Gasteiger charge is 2.63. The first-order chi connectivity index (χ1) is 12.0. The molecule has 1 aromatic rings. The molecule has 4 rings (SSSR count). The molecule has 6 heteroatoms. The average molecular weight is 345 g/mol. The van der Waals surface area contributed by atoms with Gasteiger partial charge in [0, 0.05) is 36.7 Å². The number of amides is 2. The number of methoxy groups -OCH3 is 1. The molecule has 0 unspecified atom stereocenters. The van der Waals surface area contributed by atoms with E-state index >= 15 is 0 Å². The molecular weight excluding hydrogens is 318 g/mol. The lowest BCUT2D eigenvalue weighted by atomic mass is 9.73. The van der Waals surface area contributed by atoms with Gasteiger partial charge in [-0.05, 0) is 39.1 Å². The van der Waals surface area contributed by atoms with Gasteiger partial charge < -0.3 is 24.6 Å². The van der Waals surface area contributed by atoms with Crippen LogP contribution in [0.25, 0.3) is 0 Å². The number of carbonyl (C=O) groups is 1. The second-order valence-corrected chi connectivity index (χ2v) is 7.83. The number of rotatable bonds is 4. The number of likely N-dealkylation sites (tertiary alicyclic amines) is 1. The summed E-state index contributed by atoms with van der Waals surface area (Å²) in [6, 6.07) is 7.42. The Kier molecular flexibility index (Phi) is 4.12. The van der Waals surface area contributed by atoms with E-state index < -0.39 is 0 Å². The van der Waals surface area contributed by atoms with Crippen molar-refractivity contribution in [3.63, 3.8) is 0 Å². The Bertz CT molecular complexity index is 665. The Labute approximate surface area is 149 Å². The molecule has 1 spiro atoms. The van der Waals surface area contributed by atoms with Gasteiger partial charge in [-0.2, -0.15) is 0 Å². The third kappa shape index (κ3) is 2.87. The fourth-order valence-electron chi connectivity index (χ4n) is 4.91. The zero-order chi connectivity index (χ0) is 17.6. The second kappa shape index (κ2) is 6.18. The molecule has 6 nitrogen and oxygen atoms in total. The molecular formula is C19H27N3O3. The molecule has 2 amide bonds. The van der Waals surface area contributed by atoms with Crippen molar-refractivity contribution in [2.45, 2.75) is 24.5 Å². The summed E-state index contributed by atoms with van der Waals surface area (Å²) in [5.41, 5.74) is 0.644. The van der Waals surface area contributed by atoms with Gasteiger partial charge in [-0.25, -0.2) is 4.79 Å². The summed E-state index contributed by atoms with van der Waals surface area (Å²) in [7, 11) is 5.85. The SMILES string of the molecule is COc1cccc(NC(=O)N2C[C@@H]3[C@H](CN(C)C)[C@H]4CC[C@]3(C2)O4)c1. The fraction of sp³-hybridized carbons (Fsp3) is 0.632. The van der Waals surface area contributed by atoms with Gasteiger partial charge in [0.25, 0.3) is 0 Å². The van der Waals surface area contributed by atoms with E-state index in [1.165, 1.54) is 0 Å². The molecule has 3 fully saturated rings. The predicted molar refractivity (Wildman–Crippen MR) is 96.0 cm³/mol. The van der Waals surface area contributed by atoms with Crippen molar-refractivity contribution in [2.24, 2.45) is 11.8 Å². The molecule has 1 aromatic carbocycles. The summed E-state index contributed by atoms with van der Waals surface area (Å²) in [6.07, 6.45) is 2.58. The molecule has 3 aliphatic rings. The number of benzene rings is 1. The number of ether oxygens (including phenoxy) is 2. The topological polar surface area (TPSA) is 54.0 Å². The Morgan fingerprint density at radius 3 is 3.08 bits per heavy atom. The van der Waals surface area contributed by atoms with Crippen molar-refractivity contribution in [1.29, 1.82) is 0 Å². The maximum atomic E-state index is 12.8.